The lowest BCUT2D eigenvalue weighted by Crippen LogP contribution is -2.37. The van der Waals surface area contributed by atoms with Gasteiger partial charge in [0.15, 0.2) is 5.78 Å². The molecule has 118 valence electrons. The fraction of sp³-hybridized carbons (Fsp3) is 0.471. The van der Waals surface area contributed by atoms with E-state index in [0.717, 1.165) is 11.1 Å². The van der Waals surface area contributed by atoms with Crippen LogP contribution in [0, 0.1) is 13.8 Å². The summed E-state index contributed by atoms with van der Waals surface area (Å²) in [5, 5.41) is 0. The molecule has 0 atom stereocenters. The first kappa shape index (κ1) is 16.4. The molecule has 22 heavy (non-hydrogen) atoms. The van der Waals surface area contributed by atoms with Crippen LogP contribution in [-0.2, 0) is 0 Å². The van der Waals surface area contributed by atoms with Crippen LogP contribution in [0.2, 0.25) is 39.3 Å². The fourth-order valence-electron chi connectivity index (χ4n) is 3.45. The molecule has 1 aliphatic rings. The van der Waals surface area contributed by atoms with Gasteiger partial charge in [-0.2, -0.15) is 0 Å². The van der Waals surface area contributed by atoms with E-state index in [-0.39, 0.29) is 0 Å². The van der Waals surface area contributed by atoms with Gasteiger partial charge in [-0.25, -0.2) is 0 Å². The van der Waals surface area contributed by atoms with Gasteiger partial charge in [-0.3, -0.25) is 4.79 Å². The van der Waals surface area contributed by atoms with Crippen molar-refractivity contribution in [3.05, 3.63) is 22.3 Å². The Kier molecular flexibility index (Phi) is 3.54. The highest BCUT2D eigenvalue weighted by molar-refractivity contribution is 7.35. The van der Waals surface area contributed by atoms with Gasteiger partial charge < -0.3 is 0 Å². The summed E-state index contributed by atoms with van der Waals surface area (Å²) in [6.07, 6.45) is 0. The van der Waals surface area contributed by atoms with Gasteiger partial charge in [0.1, 0.15) is 0 Å². The Balaban J connectivity index is 2.29. The van der Waals surface area contributed by atoms with Gasteiger partial charge >= 0.3 is 0 Å². The Morgan fingerprint density at radius 1 is 0.682 bits per heavy atom. The third-order valence-corrected chi connectivity index (χ3v) is 14.5. The van der Waals surface area contributed by atoms with Crippen molar-refractivity contribution in [3.63, 3.8) is 0 Å². The van der Waals surface area contributed by atoms with E-state index in [2.05, 4.69) is 53.1 Å². The summed E-state index contributed by atoms with van der Waals surface area (Å²) < 4.78 is 2.99. The second kappa shape index (κ2) is 4.75. The maximum atomic E-state index is 13.1. The largest absolute Gasteiger partial charge is 0.288 e. The molecule has 3 rings (SSSR count). The predicted molar refractivity (Wildman–Crippen MR) is 106 cm³/mol. The summed E-state index contributed by atoms with van der Waals surface area (Å²) in [6.45, 7) is 18.6. The standard InChI is InChI=1S/C17H24OS2Si2/c1-9-11-13(18)12-10(2)17(22(6,7)8)20-15(12)14(11)19-16(9)21(3,4)5/h1-8H3. The van der Waals surface area contributed by atoms with E-state index in [0.29, 0.717) is 5.78 Å². The number of carbonyl (C=O) groups is 1. The first-order valence-corrected chi connectivity index (χ1v) is 16.4. The van der Waals surface area contributed by atoms with E-state index < -0.39 is 16.1 Å². The smallest absolute Gasteiger partial charge is 0.196 e. The molecule has 2 aromatic heterocycles. The number of fused-ring (bicyclic) bond motifs is 3. The quantitative estimate of drug-likeness (QED) is 0.601. The lowest BCUT2D eigenvalue weighted by molar-refractivity contribution is 0.104. The molecule has 0 unspecified atom stereocenters. The topological polar surface area (TPSA) is 17.1 Å². The van der Waals surface area contributed by atoms with E-state index in [4.69, 9.17) is 0 Å². The molecule has 0 aliphatic heterocycles. The number of carbonyl (C=O) groups excluding carboxylic acids is 1. The molecule has 0 radical (unpaired) electrons. The van der Waals surface area contributed by atoms with Gasteiger partial charge in [-0.1, -0.05) is 39.3 Å². The summed E-state index contributed by atoms with van der Waals surface area (Å²) in [4.78, 5) is 15.6. The van der Waals surface area contributed by atoms with E-state index >= 15 is 0 Å². The predicted octanol–water partition coefficient (Wildman–Crippen LogP) is 4.73. The SMILES string of the molecule is Cc1c([Si](C)(C)C)sc2c1C(=O)c1c-2sc([Si](C)(C)C)c1C. The number of hydrogen-bond acceptors (Lipinski definition) is 3. The normalized spacial score (nSPS) is 14.5. The van der Waals surface area contributed by atoms with Crippen LogP contribution in [-0.4, -0.2) is 21.9 Å². The fourth-order valence-corrected chi connectivity index (χ4v) is 11.3. The van der Waals surface area contributed by atoms with Crippen molar-refractivity contribution < 1.29 is 4.79 Å². The first-order chi connectivity index (χ1) is 9.94. The molecule has 0 saturated heterocycles. The van der Waals surface area contributed by atoms with Crippen LogP contribution in [0.25, 0.3) is 9.75 Å². The van der Waals surface area contributed by atoms with Crippen LogP contribution in [0.15, 0.2) is 0 Å². The number of rotatable bonds is 2. The molecule has 0 saturated carbocycles. The van der Waals surface area contributed by atoms with Gasteiger partial charge in [-0.05, 0) is 34.0 Å². The molecule has 0 fully saturated rings. The summed E-state index contributed by atoms with van der Waals surface area (Å²) in [5.74, 6) is 0.293. The number of ketones is 1. The molecule has 5 heteroatoms. The maximum Gasteiger partial charge on any atom is 0.196 e. The molecule has 0 aromatic carbocycles. The zero-order valence-corrected chi connectivity index (χ0v) is 18.4. The van der Waals surface area contributed by atoms with Crippen molar-refractivity contribution in [3.8, 4) is 9.75 Å². The van der Waals surface area contributed by atoms with Crippen LogP contribution in [0.3, 0.4) is 0 Å². The molecule has 0 spiro atoms. The van der Waals surface area contributed by atoms with Gasteiger partial charge in [0.05, 0.1) is 25.9 Å². The lowest BCUT2D eigenvalue weighted by atomic mass is 10.1. The Morgan fingerprint density at radius 3 is 1.27 bits per heavy atom. The van der Waals surface area contributed by atoms with Crippen molar-refractivity contribution in [2.24, 2.45) is 0 Å². The van der Waals surface area contributed by atoms with E-state index in [1.165, 1.54) is 29.9 Å². The zero-order valence-electron chi connectivity index (χ0n) is 14.7. The summed E-state index contributed by atoms with van der Waals surface area (Å²) in [7, 11) is -2.77. The molecular formula is C17H24OS2Si2. The molecule has 1 nitrogen and oxygen atoms in total. The summed E-state index contributed by atoms with van der Waals surface area (Å²) >= 11 is 3.80. The summed E-state index contributed by atoms with van der Waals surface area (Å²) in [6, 6.07) is 0. The average Bonchev–Trinajstić information content (AvgIpc) is 2.92. The van der Waals surface area contributed by atoms with E-state index in [9.17, 15) is 4.79 Å². The van der Waals surface area contributed by atoms with E-state index in [1.807, 2.05) is 22.7 Å². The second-order valence-corrected chi connectivity index (χ2v) is 21.1. The van der Waals surface area contributed by atoms with Crippen molar-refractivity contribution in [2.75, 3.05) is 0 Å². The highest BCUT2D eigenvalue weighted by Crippen LogP contribution is 2.46. The lowest BCUT2D eigenvalue weighted by Gasteiger charge is -2.16. The van der Waals surface area contributed by atoms with Gasteiger partial charge in [0.25, 0.3) is 0 Å². The molecule has 2 aromatic rings. The number of thiophene rings is 2. The molecular weight excluding hydrogens is 340 g/mol. The van der Waals surface area contributed by atoms with Crippen LogP contribution >= 0.6 is 22.7 Å². The average molecular weight is 365 g/mol. The maximum absolute atomic E-state index is 13.1. The minimum Gasteiger partial charge on any atom is -0.288 e. The minimum atomic E-state index is -1.39. The van der Waals surface area contributed by atoms with Crippen LogP contribution in [0.4, 0.5) is 0 Å². The second-order valence-electron chi connectivity index (χ2n) is 8.35. The van der Waals surface area contributed by atoms with Crippen molar-refractivity contribution in [1.29, 1.82) is 0 Å². The molecule has 0 bridgehead atoms. The van der Waals surface area contributed by atoms with Crippen LogP contribution in [0.5, 0.6) is 0 Å². The monoisotopic (exact) mass is 364 g/mol. The third kappa shape index (κ3) is 2.17. The van der Waals surface area contributed by atoms with Crippen molar-refractivity contribution >= 4 is 53.6 Å². The molecule has 1 aliphatic carbocycles. The minimum absolute atomic E-state index is 0.293. The highest BCUT2D eigenvalue weighted by Gasteiger charge is 2.39. The first-order valence-electron chi connectivity index (χ1n) is 7.77. The number of hydrogen-bond donors (Lipinski definition) is 0. The van der Waals surface area contributed by atoms with E-state index in [1.54, 1.807) is 0 Å². The molecule has 0 N–H and O–H groups in total. The van der Waals surface area contributed by atoms with Crippen LogP contribution < -0.4 is 9.00 Å². The zero-order chi connectivity index (χ0) is 16.6. The van der Waals surface area contributed by atoms with Crippen molar-refractivity contribution in [1.82, 2.24) is 0 Å². The van der Waals surface area contributed by atoms with Crippen molar-refractivity contribution in [2.45, 2.75) is 53.1 Å². The van der Waals surface area contributed by atoms with Gasteiger partial charge in [0, 0.05) is 11.1 Å². The summed E-state index contributed by atoms with van der Waals surface area (Å²) in [5.41, 5.74) is 4.57. The van der Waals surface area contributed by atoms with Gasteiger partial charge in [0.2, 0.25) is 0 Å². The Hall–Kier alpha value is -0.496. The Morgan fingerprint density at radius 2 is 1.00 bits per heavy atom. The molecule has 0 amide bonds. The van der Waals surface area contributed by atoms with Crippen LogP contribution in [0.1, 0.15) is 27.0 Å². The molecule has 2 heterocycles. The third-order valence-electron chi connectivity index (χ3n) is 4.32. The Bertz CT molecular complexity index is 732. The van der Waals surface area contributed by atoms with Gasteiger partial charge in [-0.15, -0.1) is 22.7 Å². The highest BCUT2D eigenvalue weighted by atomic mass is 32.1. The Labute approximate surface area is 143 Å².